The monoisotopic (exact) mass is 362 g/mol. The third kappa shape index (κ3) is 4.97. The van der Waals surface area contributed by atoms with Gasteiger partial charge in [0, 0.05) is 18.2 Å². The number of nitrogens with one attached hydrogen (secondary N) is 2. The first kappa shape index (κ1) is 18.7. The van der Waals surface area contributed by atoms with Crippen molar-refractivity contribution in [2.45, 2.75) is 20.8 Å². The number of hydrogen-bond acceptors (Lipinski definition) is 5. The van der Waals surface area contributed by atoms with Crippen LogP contribution in [0.15, 0.2) is 54.6 Å². The van der Waals surface area contributed by atoms with Crippen LogP contribution >= 0.6 is 0 Å². The first-order valence-electron chi connectivity index (χ1n) is 9.15. The van der Waals surface area contributed by atoms with E-state index in [0.29, 0.717) is 11.9 Å². The molecule has 0 aliphatic heterocycles. The van der Waals surface area contributed by atoms with Crippen LogP contribution in [-0.4, -0.2) is 23.6 Å². The lowest BCUT2D eigenvalue weighted by Gasteiger charge is -2.14. The Bertz CT molecular complexity index is 894. The molecule has 0 aliphatic carbocycles. The molecule has 0 bridgehead atoms. The normalized spacial score (nSPS) is 10.7. The fourth-order valence-corrected chi connectivity index (χ4v) is 2.70. The fourth-order valence-electron chi connectivity index (χ4n) is 2.70. The summed E-state index contributed by atoms with van der Waals surface area (Å²) >= 11 is 0. The second kappa shape index (κ2) is 8.54. The summed E-state index contributed by atoms with van der Waals surface area (Å²) < 4.78 is 5.46. The summed E-state index contributed by atoms with van der Waals surface area (Å²) in [6.45, 7) is 7.23. The molecule has 140 valence electrons. The SMILES string of the molecule is COc1ccc(C)cc1Nc1nc(NCC(C)C)cc(-c2ccccc2)n1. The van der Waals surface area contributed by atoms with Gasteiger partial charge in [-0.1, -0.05) is 50.2 Å². The predicted octanol–water partition coefficient (Wildman–Crippen LogP) is 5.27. The minimum atomic E-state index is 0.522. The van der Waals surface area contributed by atoms with Crippen LogP contribution in [0.1, 0.15) is 19.4 Å². The molecule has 3 rings (SSSR count). The minimum Gasteiger partial charge on any atom is -0.495 e. The molecule has 0 saturated carbocycles. The summed E-state index contributed by atoms with van der Waals surface area (Å²) in [7, 11) is 1.66. The number of aromatic nitrogens is 2. The van der Waals surface area contributed by atoms with E-state index in [1.54, 1.807) is 7.11 Å². The maximum atomic E-state index is 5.46. The third-order valence-electron chi connectivity index (χ3n) is 4.09. The standard InChI is InChI=1S/C22H26N4O/c1-15(2)14-23-21-13-18(17-8-6-5-7-9-17)24-22(26-21)25-19-12-16(3)10-11-20(19)27-4/h5-13,15H,14H2,1-4H3,(H2,23,24,25,26). The van der Waals surface area contributed by atoms with Crippen LogP contribution in [-0.2, 0) is 0 Å². The highest BCUT2D eigenvalue weighted by molar-refractivity contribution is 5.68. The largest absolute Gasteiger partial charge is 0.495 e. The van der Waals surface area contributed by atoms with Crippen LogP contribution < -0.4 is 15.4 Å². The predicted molar refractivity (Wildman–Crippen MR) is 112 cm³/mol. The van der Waals surface area contributed by atoms with Gasteiger partial charge in [-0.3, -0.25) is 0 Å². The van der Waals surface area contributed by atoms with Crippen molar-refractivity contribution < 1.29 is 4.74 Å². The van der Waals surface area contributed by atoms with Crippen LogP contribution in [0.4, 0.5) is 17.5 Å². The molecule has 0 saturated heterocycles. The van der Waals surface area contributed by atoms with E-state index in [-0.39, 0.29) is 0 Å². The molecule has 0 fully saturated rings. The molecule has 0 atom stereocenters. The van der Waals surface area contributed by atoms with Gasteiger partial charge in [0.1, 0.15) is 11.6 Å². The summed E-state index contributed by atoms with van der Waals surface area (Å²) in [5.74, 6) is 2.61. The van der Waals surface area contributed by atoms with Gasteiger partial charge in [0.25, 0.3) is 0 Å². The molecule has 2 aromatic carbocycles. The van der Waals surface area contributed by atoms with Crippen molar-refractivity contribution in [1.82, 2.24) is 9.97 Å². The van der Waals surface area contributed by atoms with E-state index < -0.39 is 0 Å². The Hall–Kier alpha value is -3.08. The van der Waals surface area contributed by atoms with Crippen LogP contribution in [0.25, 0.3) is 11.3 Å². The molecular formula is C22H26N4O. The topological polar surface area (TPSA) is 59.1 Å². The Morgan fingerprint density at radius 3 is 2.48 bits per heavy atom. The molecule has 0 aliphatic rings. The van der Waals surface area contributed by atoms with E-state index in [2.05, 4.69) is 29.5 Å². The van der Waals surface area contributed by atoms with Crippen molar-refractivity contribution in [2.75, 3.05) is 24.3 Å². The third-order valence-corrected chi connectivity index (χ3v) is 4.09. The Kier molecular flexibility index (Phi) is 5.91. The number of anilines is 3. The molecular weight excluding hydrogens is 336 g/mol. The van der Waals surface area contributed by atoms with Gasteiger partial charge in [-0.25, -0.2) is 4.98 Å². The Balaban J connectivity index is 1.98. The average Bonchev–Trinajstić information content (AvgIpc) is 2.67. The number of benzene rings is 2. The van der Waals surface area contributed by atoms with E-state index >= 15 is 0 Å². The number of nitrogens with zero attached hydrogens (tertiary/aromatic N) is 2. The summed E-state index contributed by atoms with van der Waals surface area (Å²) in [5.41, 5.74) is 3.89. The highest BCUT2D eigenvalue weighted by Crippen LogP contribution is 2.29. The number of ether oxygens (including phenoxy) is 1. The molecule has 0 unspecified atom stereocenters. The van der Waals surface area contributed by atoms with Gasteiger partial charge in [-0.05, 0) is 30.5 Å². The van der Waals surface area contributed by atoms with Crippen LogP contribution in [0.2, 0.25) is 0 Å². The van der Waals surface area contributed by atoms with Gasteiger partial charge in [0.15, 0.2) is 0 Å². The minimum absolute atomic E-state index is 0.522. The van der Waals surface area contributed by atoms with Gasteiger partial charge < -0.3 is 15.4 Å². The molecule has 0 spiro atoms. The maximum Gasteiger partial charge on any atom is 0.229 e. The summed E-state index contributed by atoms with van der Waals surface area (Å²) in [6, 6.07) is 18.1. The van der Waals surface area contributed by atoms with Crippen molar-refractivity contribution in [3.05, 3.63) is 60.2 Å². The van der Waals surface area contributed by atoms with Crippen molar-refractivity contribution in [3.8, 4) is 17.0 Å². The Morgan fingerprint density at radius 1 is 1.00 bits per heavy atom. The summed E-state index contributed by atoms with van der Waals surface area (Å²) in [5, 5.41) is 6.71. The maximum absolute atomic E-state index is 5.46. The Labute approximate surface area is 160 Å². The lowest BCUT2D eigenvalue weighted by Crippen LogP contribution is -2.11. The molecule has 5 heteroatoms. The molecule has 2 N–H and O–H groups in total. The highest BCUT2D eigenvalue weighted by atomic mass is 16.5. The number of methoxy groups -OCH3 is 1. The lowest BCUT2D eigenvalue weighted by atomic mass is 10.1. The van der Waals surface area contributed by atoms with E-state index in [4.69, 9.17) is 9.72 Å². The lowest BCUT2D eigenvalue weighted by molar-refractivity contribution is 0.416. The van der Waals surface area contributed by atoms with E-state index in [1.807, 2.05) is 61.5 Å². The van der Waals surface area contributed by atoms with Crippen molar-refractivity contribution in [1.29, 1.82) is 0 Å². The zero-order valence-corrected chi connectivity index (χ0v) is 16.3. The van der Waals surface area contributed by atoms with Gasteiger partial charge in [0.05, 0.1) is 18.5 Å². The van der Waals surface area contributed by atoms with Crippen molar-refractivity contribution in [3.63, 3.8) is 0 Å². The van der Waals surface area contributed by atoms with Gasteiger partial charge >= 0.3 is 0 Å². The van der Waals surface area contributed by atoms with Crippen molar-refractivity contribution >= 4 is 17.5 Å². The molecule has 1 aromatic heterocycles. The summed E-state index contributed by atoms with van der Waals surface area (Å²) in [4.78, 5) is 9.36. The highest BCUT2D eigenvalue weighted by Gasteiger charge is 2.10. The molecule has 3 aromatic rings. The Morgan fingerprint density at radius 2 is 1.78 bits per heavy atom. The zero-order chi connectivity index (χ0) is 19.2. The molecule has 27 heavy (non-hydrogen) atoms. The summed E-state index contributed by atoms with van der Waals surface area (Å²) in [6.07, 6.45) is 0. The van der Waals surface area contributed by atoms with E-state index in [0.717, 1.165) is 40.6 Å². The second-order valence-corrected chi connectivity index (χ2v) is 6.93. The van der Waals surface area contributed by atoms with E-state index in [9.17, 15) is 0 Å². The van der Waals surface area contributed by atoms with Crippen LogP contribution in [0, 0.1) is 12.8 Å². The quantitative estimate of drug-likeness (QED) is 0.599. The molecule has 0 amide bonds. The van der Waals surface area contributed by atoms with Gasteiger partial charge in [0.2, 0.25) is 5.95 Å². The van der Waals surface area contributed by atoms with Gasteiger partial charge in [-0.15, -0.1) is 0 Å². The number of rotatable bonds is 7. The second-order valence-electron chi connectivity index (χ2n) is 6.93. The number of hydrogen-bond donors (Lipinski definition) is 2. The first-order chi connectivity index (χ1) is 13.0. The molecule has 0 radical (unpaired) electrons. The molecule has 5 nitrogen and oxygen atoms in total. The smallest absolute Gasteiger partial charge is 0.229 e. The fraction of sp³-hybridized carbons (Fsp3) is 0.273. The van der Waals surface area contributed by atoms with Gasteiger partial charge in [-0.2, -0.15) is 4.98 Å². The van der Waals surface area contributed by atoms with Crippen molar-refractivity contribution in [2.24, 2.45) is 5.92 Å². The first-order valence-corrected chi connectivity index (χ1v) is 9.15. The average molecular weight is 362 g/mol. The number of aryl methyl sites for hydroxylation is 1. The van der Waals surface area contributed by atoms with Crippen LogP contribution in [0.3, 0.4) is 0 Å². The van der Waals surface area contributed by atoms with Crippen LogP contribution in [0.5, 0.6) is 5.75 Å². The zero-order valence-electron chi connectivity index (χ0n) is 16.3. The molecule has 1 heterocycles. The van der Waals surface area contributed by atoms with E-state index in [1.165, 1.54) is 0 Å².